The van der Waals surface area contributed by atoms with Gasteiger partial charge < -0.3 is 9.47 Å². The summed E-state index contributed by atoms with van der Waals surface area (Å²) in [6.07, 6.45) is 14.8. The lowest BCUT2D eigenvalue weighted by Gasteiger charge is -2.13. The molecule has 5 heteroatoms. The molecule has 156 valence electrons. The second kappa shape index (κ2) is 15.8. The summed E-state index contributed by atoms with van der Waals surface area (Å²) in [6, 6.07) is 6.06. The molecule has 0 saturated carbocycles. The van der Waals surface area contributed by atoms with Gasteiger partial charge in [-0.05, 0) is 31.6 Å². The van der Waals surface area contributed by atoms with E-state index in [0.29, 0.717) is 19.1 Å². The van der Waals surface area contributed by atoms with Crippen molar-refractivity contribution in [3.63, 3.8) is 0 Å². The normalized spacial score (nSPS) is 12.1. The Morgan fingerprint density at radius 3 is 2.25 bits per heavy atom. The number of carbonyl (C=O) groups is 2. The van der Waals surface area contributed by atoms with Crippen LogP contribution in [0.15, 0.2) is 42.7 Å². The summed E-state index contributed by atoms with van der Waals surface area (Å²) in [6.45, 7) is 6.04. The van der Waals surface area contributed by atoms with Crippen LogP contribution in [-0.2, 0) is 25.6 Å². The van der Waals surface area contributed by atoms with Crippen molar-refractivity contribution in [2.45, 2.75) is 71.8 Å². The smallest absolute Gasteiger partial charge is 0.331 e. The Bertz CT molecular complexity index is 571. The van der Waals surface area contributed by atoms with Crippen LogP contribution in [0.1, 0.15) is 65.2 Å². The Labute approximate surface area is 169 Å². The maximum absolute atomic E-state index is 11.7. The number of hydrogen-bond acceptors (Lipinski definition) is 4. The quantitative estimate of drug-likeness (QED) is 0.193. The SMILES string of the molecule is CCCCC(CC)COC(=O)C=CC(=O)OCCCCCC[n+]1ccccc1. The van der Waals surface area contributed by atoms with Crippen molar-refractivity contribution in [3.05, 3.63) is 42.7 Å². The van der Waals surface area contributed by atoms with Gasteiger partial charge in [0, 0.05) is 30.7 Å². The zero-order valence-electron chi connectivity index (χ0n) is 17.5. The van der Waals surface area contributed by atoms with Crippen LogP contribution in [-0.4, -0.2) is 25.2 Å². The molecule has 0 spiro atoms. The molecule has 0 N–H and O–H groups in total. The van der Waals surface area contributed by atoms with Gasteiger partial charge in [0.15, 0.2) is 12.4 Å². The van der Waals surface area contributed by atoms with Crippen LogP contribution in [0.3, 0.4) is 0 Å². The number of aryl methyl sites for hydroxylation is 1. The minimum absolute atomic E-state index is 0.381. The molecule has 0 saturated heterocycles. The minimum atomic E-state index is -0.491. The molecule has 1 atom stereocenters. The predicted octanol–water partition coefficient (Wildman–Crippen LogP) is 4.39. The lowest BCUT2D eigenvalue weighted by molar-refractivity contribution is -0.697. The molecule has 0 amide bonds. The lowest BCUT2D eigenvalue weighted by Crippen LogP contribution is -2.32. The second-order valence-corrected chi connectivity index (χ2v) is 7.07. The average molecular weight is 391 g/mol. The van der Waals surface area contributed by atoms with E-state index in [2.05, 4.69) is 30.8 Å². The second-order valence-electron chi connectivity index (χ2n) is 7.07. The van der Waals surface area contributed by atoms with Gasteiger partial charge in [-0.3, -0.25) is 0 Å². The van der Waals surface area contributed by atoms with Gasteiger partial charge >= 0.3 is 11.9 Å². The topological polar surface area (TPSA) is 56.5 Å². The van der Waals surface area contributed by atoms with Crippen LogP contribution < -0.4 is 4.57 Å². The van der Waals surface area contributed by atoms with E-state index >= 15 is 0 Å². The first-order valence-electron chi connectivity index (χ1n) is 10.6. The molecule has 0 bridgehead atoms. The molecule has 5 nitrogen and oxygen atoms in total. The number of carbonyl (C=O) groups excluding carboxylic acids is 2. The molecule has 28 heavy (non-hydrogen) atoms. The van der Waals surface area contributed by atoms with Gasteiger partial charge in [-0.2, -0.15) is 0 Å². The molecule has 1 aromatic rings. The lowest BCUT2D eigenvalue weighted by atomic mass is 10.0. The number of ether oxygens (including phenoxy) is 2. The molecule has 1 aromatic heterocycles. The highest BCUT2D eigenvalue weighted by Crippen LogP contribution is 2.12. The van der Waals surface area contributed by atoms with Crippen molar-refractivity contribution in [1.29, 1.82) is 0 Å². The summed E-state index contributed by atoms with van der Waals surface area (Å²) in [5.41, 5.74) is 0. The Balaban J connectivity index is 2.04. The number of hydrogen-bond donors (Lipinski definition) is 0. The first-order valence-corrected chi connectivity index (χ1v) is 10.6. The maximum Gasteiger partial charge on any atom is 0.331 e. The molecular weight excluding hydrogens is 354 g/mol. The summed E-state index contributed by atoms with van der Waals surface area (Å²) in [7, 11) is 0. The van der Waals surface area contributed by atoms with Crippen LogP contribution in [0.5, 0.6) is 0 Å². The van der Waals surface area contributed by atoms with Crippen molar-refractivity contribution in [1.82, 2.24) is 0 Å². The fourth-order valence-corrected chi connectivity index (χ4v) is 2.84. The maximum atomic E-state index is 11.7. The molecule has 0 fully saturated rings. The van der Waals surface area contributed by atoms with E-state index in [-0.39, 0.29) is 0 Å². The summed E-state index contributed by atoms with van der Waals surface area (Å²) >= 11 is 0. The van der Waals surface area contributed by atoms with Crippen molar-refractivity contribution in [2.24, 2.45) is 5.92 Å². The van der Waals surface area contributed by atoms with Crippen LogP contribution in [0.2, 0.25) is 0 Å². The average Bonchev–Trinajstić information content (AvgIpc) is 2.72. The summed E-state index contributed by atoms with van der Waals surface area (Å²) < 4.78 is 12.5. The number of aromatic nitrogens is 1. The predicted molar refractivity (Wildman–Crippen MR) is 109 cm³/mol. The molecule has 1 heterocycles. The molecule has 0 aliphatic heterocycles. The van der Waals surface area contributed by atoms with Crippen molar-refractivity contribution in [2.75, 3.05) is 13.2 Å². The highest BCUT2D eigenvalue weighted by Gasteiger charge is 2.09. The number of esters is 2. The molecule has 1 unspecified atom stereocenters. The van der Waals surface area contributed by atoms with Gasteiger partial charge in [0.25, 0.3) is 0 Å². The summed E-state index contributed by atoms with van der Waals surface area (Å²) in [5, 5.41) is 0. The molecular formula is C23H36NO4+. The largest absolute Gasteiger partial charge is 0.463 e. The van der Waals surface area contributed by atoms with Crippen LogP contribution >= 0.6 is 0 Å². The van der Waals surface area contributed by atoms with Gasteiger partial charge in [0.05, 0.1) is 13.2 Å². The zero-order chi connectivity index (χ0) is 20.5. The van der Waals surface area contributed by atoms with Gasteiger partial charge in [-0.25, -0.2) is 14.2 Å². The third kappa shape index (κ3) is 12.3. The van der Waals surface area contributed by atoms with Crippen LogP contribution in [0, 0.1) is 5.92 Å². The number of pyridine rings is 1. The molecule has 0 aromatic carbocycles. The van der Waals surface area contributed by atoms with Crippen LogP contribution in [0.4, 0.5) is 0 Å². The first kappa shape index (κ1) is 23.9. The summed E-state index contributed by atoms with van der Waals surface area (Å²) in [5.74, 6) is -0.579. The minimum Gasteiger partial charge on any atom is -0.463 e. The Kier molecular flexibility index (Phi) is 13.5. The van der Waals surface area contributed by atoms with E-state index in [0.717, 1.165) is 70.1 Å². The number of rotatable bonds is 15. The van der Waals surface area contributed by atoms with E-state index < -0.39 is 11.9 Å². The number of nitrogens with zero attached hydrogens (tertiary/aromatic N) is 1. The van der Waals surface area contributed by atoms with E-state index in [9.17, 15) is 9.59 Å². The third-order valence-electron chi connectivity index (χ3n) is 4.69. The van der Waals surface area contributed by atoms with Crippen molar-refractivity contribution in [3.8, 4) is 0 Å². The van der Waals surface area contributed by atoms with E-state index in [1.165, 1.54) is 0 Å². The molecule has 0 aliphatic carbocycles. The molecule has 1 rings (SSSR count). The van der Waals surface area contributed by atoms with Crippen LogP contribution in [0.25, 0.3) is 0 Å². The van der Waals surface area contributed by atoms with E-state index in [4.69, 9.17) is 9.47 Å². The Hall–Kier alpha value is -2.17. The highest BCUT2D eigenvalue weighted by atomic mass is 16.5. The molecule has 0 radical (unpaired) electrons. The van der Waals surface area contributed by atoms with Gasteiger partial charge in [0.1, 0.15) is 6.54 Å². The highest BCUT2D eigenvalue weighted by molar-refractivity contribution is 5.91. The third-order valence-corrected chi connectivity index (χ3v) is 4.69. The van der Waals surface area contributed by atoms with Crippen molar-refractivity contribution < 1.29 is 23.6 Å². The van der Waals surface area contributed by atoms with E-state index in [1.54, 1.807) is 0 Å². The molecule has 0 aliphatic rings. The standard InChI is InChI=1S/C23H36NO4/c1-3-5-13-21(4-2)20-28-23(26)15-14-22(25)27-19-12-7-6-9-16-24-17-10-8-11-18-24/h8,10-11,14-15,17-18,21H,3-7,9,12-13,16,19-20H2,1-2H3/q+1. The van der Waals surface area contributed by atoms with Crippen molar-refractivity contribution >= 4 is 11.9 Å². The summed E-state index contributed by atoms with van der Waals surface area (Å²) in [4.78, 5) is 23.3. The monoisotopic (exact) mass is 390 g/mol. The Morgan fingerprint density at radius 2 is 1.57 bits per heavy atom. The number of unbranched alkanes of at least 4 members (excludes halogenated alkanes) is 4. The fraction of sp³-hybridized carbons (Fsp3) is 0.609. The first-order chi connectivity index (χ1) is 13.7. The van der Waals surface area contributed by atoms with Gasteiger partial charge in [-0.15, -0.1) is 0 Å². The fourth-order valence-electron chi connectivity index (χ4n) is 2.84. The van der Waals surface area contributed by atoms with Gasteiger partial charge in [0.2, 0.25) is 0 Å². The Morgan fingerprint density at radius 1 is 0.893 bits per heavy atom. The van der Waals surface area contributed by atoms with E-state index in [1.807, 2.05) is 18.2 Å². The zero-order valence-corrected chi connectivity index (χ0v) is 17.5. The van der Waals surface area contributed by atoms with Gasteiger partial charge in [-0.1, -0.05) is 39.2 Å².